The summed E-state index contributed by atoms with van der Waals surface area (Å²) in [5.41, 5.74) is 1.52. The Kier molecular flexibility index (Phi) is 2.79. The lowest BCUT2D eigenvalue weighted by atomic mass is 10.3. The van der Waals surface area contributed by atoms with Gasteiger partial charge in [-0.1, -0.05) is 17.7 Å². The maximum atomic E-state index is 6.05. The standard InChI is InChI=1S/C11H11ClN2OS/c12-7-2-1-3-8-10(7)15-11(14-8)9-6-16-5-4-13-9/h1-3,9,13H,4-6H2. The molecule has 0 bridgehead atoms. The van der Waals surface area contributed by atoms with Gasteiger partial charge in [0, 0.05) is 18.1 Å². The van der Waals surface area contributed by atoms with Crippen molar-refractivity contribution < 1.29 is 4.42 Å². The smallest absolute Gasteiger partial charge is 0.213 e. The predicted molar refractivity (Wildman–Crippen MR) is 67.1 cm³/mol. The number of halogens is 1. The second kappa shape index (κ2) is 4.28. The summed E-state index contributed by atoms with van der Waals surface area (Å²) in [6.07, 6.45) is 0. The fraction of sp³-hybridized carbons (Fsp3) is 0.364. The maximum Gasteiger partial charge on any atom is 0.213 e. The molecule has 1 fully saturated rings. The summed E-state index contributed by atoms with van der Waals surface area (Å²) in [6, 6.07) is 5.84. The van der Waals surface area contributed by atoms with E-state index in [9.17, 15) is 0 Å². The second-order valence-electron chi connectivity index (χ2n) is 3.72. The third kappa shape index (κ3) is 1.81. The Morgan fingerprint density at radius 3 is 3.19 bits per heavy atom. The van der Waals surface area contributed by atoms with Crippen molar-refractivity contribution in [2.24, 2.45) is 0 Å². The molecule has 1 aliphatic heterocycles. The van der Waals surface area contributed by atoms with Gasteiger partial charge in [0.25, 0.3) is 0 Å². The summed E-state index contributed by atoms with van der Waals surface area (Å²) >= 11 is 7.97. The highest BCUT2D eigenvalue weighted by atomic mass is 35.5. The number of oxazole rings is 1. The molecule has 5 heteroatoms. The molecule has 3 rings (SSSR count). The minimum absolute atomic E-state index is 0.210. The molecule has 0 spiro atoms. The quantitative estimate of drug-likeness (QED) is 0.849. The van der Waals surface area contributed by atoms with Crippen molar-refractivity contribution in [3.63, 3.8) is 0 Å². The van der Waals surface area contributed by atoms with E-state index < -0.39 is 0 Å². The summed E-state index contributed by atoms with van der Waals surface area (Å²) < 4.78 is 5.72. The first-order chi connectivity index (χ1) is 7.84. The Morgan fingerprint density at radius 1 is 1.50 bits per heavy atom. The van der Waals surface area contributed by atoms with E-state index in [4.69, 9.17) is 16.0 Å². The summed E-state index contributed by atoms with van der Waals surface area (Å²) in [6.45, 7) is 1.00. The molecule has 16 heavy (non-hydrogen) atoms. The Hall–Kier alpha value is -0.710. The number of nitrogens with one attached hydrogen (secondary N) is 1. The number of hydrogen-bond acceptors (Lipinski definition) is 4. The largest absolute Gasteiger partial charge is 0.437 e. The van der Waals surface area contributed by atoms with Crippen LogP contribution >= 0.6 is 23.4 Å². The van der Waals surface area contributed by atoms with Crippen LogP contribution in [-0.2, 0) is 0 Å². The van der Waals surface area contributed by atoms with Gasteiger partial charge in [-0.3, -0.25) is 0 Å². The predicted octanol–water partition coefficient (Wildman–Crippen LogP) is 2.86. The first-order valence-corrected chi connectivity index (χ1v) is 6.74. The molecular weight excluding hydrogens is 244 g/mol. The summed E-state index contributed by atoms with van der Waals surface area (Å²) in [5.74, 6) is 2.90. The number of aromatic nitrogens is 1. The van der Waals surface area contributed by atoms with Gasteiger partial charge in [0.15, 0.2) is 5.58 Å². The maximum absolute atomic E-state index is 6.05. The van der Waals surface area contributed by atoms with Gasteiger partial charge >= 0.3 is 0 Å². The monoisotopic (exact) mass is 254 g/mol. The Morgan fingerprint density at radius 2 is 2.44 bits per heavy atom. The van der Waals surface area contributed by atoms with Crippen molar-refractivity contribution in [1.82, 2.24) is 10.3 Å². The molecule has 1 N–H and O–H groups in total. The Bertz CT molecular complexity index is 508. The molecule has 1 aromatic carbocycles. The SMILES string of the molecule is Clc1cccc2nc(C3CSCCN3)oc12. The first-order valence-electron chi connectivity index (χ1n) is 5.20. The summed E-state index contributed by atoms with van der Waals surface area (Å²) in [7, 11) is 0. The fourth-order valence-corrected chi connectivity index (χ4v) is 2.94. The number of nitrogens with zero attached hydrogens (tertiary/aromatic N) is 1. The van der Waals surface area contributed by atoms with E-state index in [1.54, 1.807) is 0 Å². The van der Waals surface area contributed by atoms with Crippen molar-refractivity contribution in [2.45, 2.75) is 6.04 Å². The number of rotatable bonds is 1. The van der Waals surface area contributed by atoms with Crippen LogP contribution in [0.15, 0.2) is 22.6 Å². The molecule has 1 aliphatic rings. The molecule has 2 aromatic rings. The number of hydrogen-bond donors (Lipinski definition) is 1. The van der Waals surface area contributed by atoms with Crippen LogP contribution in [0, 0.1) is 0 Å². The van der Waals surface area contributed by atoms with Gasteiger partial charge in [-0.25, -0.2) is 4.98 Å². The minimum Gasteiger partial charge on any atom is -0.437 e. The third-order valence-electron chi connectivity index (χ3n) is 2.60. The molecule has 0 saturated carbocycles. The molecule has 0 amide bonds. The zero-order chi connectivity index (χ0) is 11.0. The van der Waals surface area contributed by atoms with E-state index in [1.807, 2.05) is 30.0 Å². The molecule has 2 heterocycles. The fourth-order valence-electron chi connectivity index (χ4n) is 1.81. The Balaban J connectivity index is 2.01. The summed E-state index contributed by atoms with van der Waals surface area (Å²) in [5, 5.41) is 4.02. The van der Waals surface area contributed by atoms with Gasteiger partial charge in [-0.05, 0) is 12.1 Å². The van der Waals surface area contributed by atoms with E-state index in [0.717, 1.165) is 29.5 Å². The molecule has 0 aliphatic carbocycles. The zero-order valence-electron chi connectivity index (χ0n) is 8.57. The summed E-state index contributed by atoms with van der Waals surface area (Å²) in [4.78, 5) is 4.47. The van der Waals surface area contributed by atoms with Crippen molar-refractivity contribution in [3.05, 3.63) is 29.1 Å². The van der Waals surface area contributed by atoms with Gasteiger partial charge in [0.1, 0.15) is 5.52 Å². The van der Waals surface area contributed by atoms with Gasteiger partial charge < -0.3 is 9.73 Å². The lowest BCUT2D eigenvalue weighted by Crippen LogP contribution is -2.30. The number of thioether (sulfide) groups is 1. The highest BCUT2D eigenvalue weighted by Crippen LogP contribution is 2.28. The molecule has 1 unspecified atom stereocenters. The van der Waals surface area contributed by atoms with E-state index >= 15 is 0 Å². The number of fused-ring (bicyclic) bond motifs is 1. The van der Waals surface area contributed by atoms with Crippen molar-refractivity contribution in [2.75, 3.05) is 18.1 Å². The molecule has 1 aromatic heterocycles. The van der Waals surface area contributed by atoms with Crippen LogP contribution in [0.2, 0.25) is 5.02 Å². The second-order valence-corrected chi connectivity index (χ2v) is 5.28. The molecule has 0 radical (unpaired) electrons. The van der Waals surface area contributed by atoms with Crippen molar-refractivity contribution in [3.8, 4) is 0 Å². The number of para-hydroxylation sites is 1. The molecule has 1 saturated heterocycles. The molecule has 3 nitrogen and oxygen atoms in total. The minimum atomic E-state index is 0.210. The average Bonchev–Trinajstić information content (AvgIpc) is 2.76. The zero-order valence-corrected chi connectivity index (χ0v) is 10.1. The van der Waals surface area contributed by atoms with Crippen molar-refractivity contribution >= 4 is 34.5 Å². The number of benzene rings is 1. The van der Waals surface area contributed by atoms with Crippen LogP contribution in [0.5, 0.6) is 0 Å². The van der Waals surface area contributed by atoms with E-state index in [1.165, 1.54) is 0 Å². The highest BCUT2D eigenvalue weighted by molar-refractivity contribution is 7.99. The van der Waals surface area contributed by atoms with E-state index in [-0.39, 0.29) is 6.04 Å². The van der Waals surface area contributed by atoms with E-state index in [0.29, 0.717) is 10.6 Å². The van der Waals surface area contributed by atoms with Gasteiger partial charge in [0.05, 0.1) is 11.1 Å². The third-order valence-corrected chi connectivity index (χ3v) is 3.96. The van der Waals surface area contributed by atoms with Gasteiger partial charge in [-0.15, -0.1) is 0 Å². The first kappa shape index (κ1) is 10.4. The molecule has 84 valence electrons. The van der Waals surface area contributed by atoms with Crippen LogP contribution in [0.4, 0.5) is 0 Å². The normalized spacial score (nSPS) is 21.4. The van der Waals surface area contributed by atoms with Gasteiger partial charge in [-0.2, -0.15) is 11.8 Å². The molecule has 1 atom stereocenters. The van der Waals surface area contributed by atoms with E-state index in [2.05, 4.69) is 10.3 Å². The highest BCUT2D eigenvalue weighted by Gasteiger charge is 2.21. The average molecular weight is 255 g/mol. The van der Waals surface area contributed by atoms with Crippen LogP contribution < -0.4 is 5.32 Å². The lowest BCUT2D eigenvalue weighted by molar-refractivity contribution is 0.441. The Labute approximate surface area is 103 Å². The lowest BCUT2D eigenvalue weighted by Gasteiger charge is -2.19. The van der Waals surface area contributed by atoms with Crippen molar-refractivity contribution in [1.29, 1.82) is 0 Å². The van der Waals surface area contributed by atoms with Crippen LogP contribution in [0.1, 0.15) is 11.9 Å². The van der Waals surface area contributed by atoms with Crippen LogP contribution in [0.25, 0.3) is 11.1 Å². The van der Waals surface area contributed by atoms with Crippen LogP contribution in [0.3, 0.4) is 0 Å². The molecular formula is C11H11ClN2OS. The van der Waals surface area contributed by atoms with Gasteiger partial charge in [0.2, 0.25) is 5.89 Å². The van der Waals surface area contributed by atoms with Crippen LogP contribution in [-0.4, -0.2) is 23.0 Å². The topological polar surface area (TPSA) is 38.1 Å².